The third kappa shape index (κ3) is 4.11. The van der Waals surface area contributed by atoms with Crippen molar-refractivity contribution in [3.05, 3.63) is 68.9 Å². The largest absolute Gasteiger partial charge is 0.422 e. The summed E-state index contributed by atoms with van der Waals surface area (Å²) in [5.41, 5.74) is 2.80. The molecule has 0 saturated carbocycles. The van der Waals surface area contributed by atoms with Gasteiger partial charge in [0.1, 0.15) is 10.6 Å². The molecule has 0 bridgehead atoms. The van der Waals surface area contributed by atoms with Crippen LogP contribution in [-0.4, -0.2) is 27.4 Å². The number of carbonyl (C=O) groups is 1. The fourth-order valence-corrected chi connectivity index (χ4v) is 2.31. The lowest BCUT2D eigenvalue weighted by Crippen LogP contribution is -2.13. The summed E-state index contributed by atoms with van der Waals surface area (Å²) < 4.78 is 5.26. The number of thiophene rings is 1. The fourth-order valence-electron chi connectivity index (χ4n) is 1.71. The van der Waals surface area contributed by atoms with E-state index in [0.29, 0.717) is 10.6 Å². The molecule has 0 unspecified atom stereocenters. The van der Waals surface area contributed by atoms with E-state index in [4.69, 9.17) is 4.74 Å². The summed E-state index contributed by atoms with van der Waals surface area (Å²) in [7, 11) is 0. The zero-order chi connectivity index (χ0) is 16.8. The highest BCUT2D eigenvalue weighted by atomic mass is 32.1. The number of nitrogens with zero attached hydrogens (tertiary/aromatic N) is 3. The van der Waals surface area contributed by atoms with Gasteiger partial charge in [0, 0.05) is 0 Å². The zero-order valence-corrected chi connectivity index (χ0v) is 13.0. The van der Waals surface area contributed by atoms with Gasteiger partial charge in [0.25, 0.3) is 0 Å². The SMILES string of the molecule is O=C(Oc1ccc(/C=N/Nc2cn[nH]c(=O)n2)cc1)c1cccs1. The monoisotopic (exact) mass is 341 g/mol. The number of rotatable bonds is 5. The Morgan fingerprint density at radius 3 is 2.83 bits per heavy atom. The number of benzene rings is 1. The number of hydrazone groups is 1. The predicted molar refractivity (Wildman–Crippen MR) is 89.6 cm³/mol. The Morgan fingerprint density at radius 2 is 2.12 bits per heavy atom. The van der Waals surface area contributed by atoms with E-state index in [1.54, 1.807) is 36.4 Å². The number of carbonyl (C=O) groups excluding carboxylic acids is 1. The molecule has 8 nitrogen and oxygen atoms in total. The topological polar surface area (TPSA) is 109 Å². The van der Waals surface area contributed by atoms with Crippen LogP contribution in [0.15, 0.2) is 57.9 Å². The second kappa shape index (κ2) is 7.29. The molecular weight excluding hydrogens is 330 g/mol. The van der Waals surface area contributed by atoms with Crippen LogP contribution in [0.4, 0.5) is 5.82 Å². The van der Waals surface area contributed by atoms with Crippen LogP contribution in [-0.2, 0) is 0 Å². The quantitative estimate of drug-likeness (QED) is 0.317. The van der Waals surface area contributed by atoms with Gasteiger partial charge in [0.05, 0.1) is 12.4 Å². The lowest BCUT2D eigenvalue weighted by atomic mass is 10.2. The predicted octanol–water partition coefficient (Wildman–Crippen LogP) is 1.89. The molecule has 0 spiro atoms. The molecule has 0 saturated heterocycles. The maximum Gasteiger partial charge on any atom is 0.363 e. The molecule has 2 N–H and O–H groups in total. The van der Waals surface area contributed by atoms with Gasteiger partial charge in [-0.3, -0.25) is 5.43 Å². The van der Waals surface area contributed by atoms with E-state index in [2.05, 4.69) is 25.7 Å². The minimum absolute atomic E-state index is 0.233. The first kappa shape index (κ1) is 15.6. The van der Waals surface area contributed by atoms with Gasteiger partial charge >= 0.3 is 11.7 Å². The van der Waals surface area contributed by atoms with E-state index in [-0.39, 0.29) is 11.8 Å². The fraction of sp³-hybridized carbons (Fsp3) is 0. The number of aromatic nitrogens is 3. The second-order valence-corrected chi connectivity index (χ2v) is 5.43. The van der Waals surface area contributed by atoms with E-state index in [0.717, 1.165) is 5.56 Å². The Hall–Kier alpha value is -3.33. The minimum atomic E-state index is -0.563. The smallest absolute Gasteiger partial charge is 0.363 e. The van der Waals surface area contributed by atoms with Crippen LogP contribution >= 0.6 is 11.3 Å². The standard InChI is InChI=1S/C15H11N5O3S/c21-14(12-2-1-7-24-12)23-11-5-3-10(4-6-11)8-16-19-13-9-17-20-15(22)18-13/h1-9H,(H2,18,19,20,22)/b16-8+. The number of ether oxygens (including phenoxy) is 1. The normalized spacial score (nSPS) is 10.7. The second-order valence-electron chi connectivity index (χ2n) is 4.48. The summed E-state index contributed by atoms with van der Waals surface area (Å²) in [5.74, 6) is 0.288. The summed E-state index contributed by atoms with van der Waals surface area (Å²) in [6.07, 6.45) is 2.87. The number of esters is 1. The number of nitrogens with one attached hydrogen (secondary N) is 2. The maximum atomic E-state index is 11.8. The van der Waals surface area contributed by atoms with Crippen molar-refractivity contribution in [2.75, 3.05) is 5.43 Å². The summed E-state index contributed by atoms with van der Waals surface area (Å²) in [6, 6.07) is 10.3. The molecule has 1 aromatic carbocycles. The van der Waals surface area contributed by atoms with Crippen molar-refractivity contribution in [3.8, 4) is 5.75 Å². The molecule has 0 aliphatic carbocycles. The van der Waals surface area contributed by atoms with Gasteiger partial charge in [-0.25, -0.2) is 14.7 Å². The first-order valence-electron chi connectivity index (χ1n) is 6.77. The summed E-state index contributed by atoms with van der Waals surface area (Å²) in [4.78, 5) is 27.0. The van der Waals surface area contributed by atoms with E-state index in [1.807, 2.05) is 5.38 Å². The molecule has 0 atom stereocenters. The average molecular weight is 341 g/mol. The highest BCUT2D eigenvalue weighted by molar-refractivity contribution is 7.12. The van der Waals surface area contributed by atoms with Crippen molar-refractivity contribution in [1.29, 1.82) is 0 Å². The van der Waals surface area contributed by atoms with E-state index in [9.17, 15) is 9.59 Å². The van der Waals surface area contributed by atoms with Gasteiger partial charge in [0.2, 0.25) is 0 Å². The molecule has 3 aromatic rings. The maximum absolute atomic E-state index is 11.8. The Bertz CT molecular complexity index is 903. The third-order valence-electron chi connectivity index (χ3n) is 2.77. The summed E-state index contributed by atoms with van der Waals surface area (Å²) >= 11 is 1.32. The molecule has 0 aliphatic rings. The third-order valence-corrected chi connectivity index (χ3v) is 3.62. The molecule has 2 aromatic heterocycles. The van der Waals surface area contributed by atoms with Gasteiger partial charge < -0.3 is 4.74 Å². The number of anilines is 1. The molecule has 3 rings (SSSR count). The molecule has 0 radical (unpaired) electrons. The molecule has 0 fully saturated rings. The molecule has 120 valence electrons. The number of hydrogen-bond acceptors (Lipinski definition) is 8. The summed E-state index contributed by atoms with van der Waals surface area (Å²) in [6.45, 7) is 0. The van der Waals surface area contributed by atoms with Crippen molar-refractivity contribution in [1.82, 2.24) is 15.2 Å². The van der Waals surface area contributed by atoms with Crippen LogP contribution in [0.3, 0.4) is 0 Å². The van der Waals surface area contributed by atoms with Gasteiger partial charge in [-0.2, -0.15) is 15.2 Å². The number of hydrogen-bond donors (Lipinski definition) is 2. The number of aromatic amines is 1. The Labute approximate surface area is 139 Å². The van der Waals surface area contributed by atoms with Crippen LogP contribution in [0.1, 0.15) is 15.2 Å². The molecule has 2 heterocycles. The minimum Gasteiger partial charge on any atom is -0.422 e. The van der Waals surface area contributed by atoms with Crippen molar-refractivity contribution in [2.45, 2.75) is 0 Å². The Kier molecular flexibility index (Phi) is 4.73. The van der Waals surface area contributed by atoms with Gasteiger partial charge in [0.15, 0.2) is 5.82 Å². The molecular formula is C15H11N5O3S. The highest BCUT2D eigenvalue weighted by Gasteiger charge is 2.08. The van der Waals surface area contributed by atoms with Gasteiger partial charge in [-0.05, 0) is 41.3 Å². The van der Waals surface area contributed by atoms with Gasteiger partial charge in [-0.1, -0.05) is 6.07 Å². The van der Waals surface area contributed by atoms with E-state index in [1.165, 1.54) is 23.7 Å². The van der Waals surface area contributed by atoms with Crippen molar-refractivity contribution < 1.29 is 9.53 Å². The van der Waals surface area contributed by atoms with Crippen molar-refractivity contribution >= 4 is 29.3 Å². The van der Waals surface area contributed by atoms with Crippen LogP contribution in [0.2, 0.25) is 0 Å². The van der Waals surface area contributed by atoms with Crippen molar-refractivity contribution in [2.24, 2.45) is 5.10 Å². The summed E-state index contributed by atoms with van der Waals surface area (Å²) in [5, 5.41) is 11.5. The number of H-pyrrole nitrogens is 1. The van der Waals surface area contributed by atoms with Gasteiger partial charge in [-0.15, -0.1) is 11.3 Å². The lowest BCUT2D eigenvalue weighted by molar-refractivity contribution is 0.0740. The van der Waals surface area contributed by atoms with Crippen LogP contribution in [0, 0.1) is 0 Å². The first-order chi connectivity index (χ1) is 11.7. The first-order valence-corrected chi connectivity index (χ1v) is 7.65. The molecule has 0 aliphatic heterocycles. The molecule has 9 heteroatoms. The van der Waals surface area contributed by atoms with Crippen LogP contribution < -0.4 is 15.9 Å². The van der Waals surface area contributed by atoms with Crippen LogP contribution in [0.5, 0.6) is 5.75 Å². The lowest BCUT2D eigenvalue weighted by Gasteiger charge is -2.02. The van der Waals surface area contributed by atoms with Crippen LogP contribution in [0.25, 0.3) is 0 Å². The highest BCUT2D eigenvalue weighted by Crippen LogP contribution is 2.16. The zero-order valence-electron chi connectivity index (χ0n) is 12.2. The van der Waals surface area contributed by atoms with Crippen molar-refractivity contribution in [3.63, 3.8) is 0 Å². The molecule has 0 amide bonds. The average Bonchev–Trinajstić information content (AvgIpc) is 3.11. The van der Waals surface area contributed by atoms with E-state index >= 15 is 0 Å². The Morgan fingerprint density at radius 1 is 1.29 bits per heavy atom. The van der Waals surface area contributed by atoms with E-state index < -0.39 is 5.69 Å². The molecule has 24 heavy (non-hydrogen) atoms. The Balaban J connectivity index is 1.59.